The SMILES string of the molecule is COC(O)[C@H](C)NC(=O)OC(C)(C)C. The van der Waals surface area contributed by atoms with Crippen LogP contribution in [0.4, 0.5) is 4.79 Å². The molecule has 0 aromatic rings. The third-order valence-electron chi connectivity index (χ3n) is 1.41. The summed E-state index contributed by atoms with van der Waals surface area (Å²) in [6.07, 6.45) is -1.59. The van der Waals surface area contributed by atoms with E-state index in [9.17, 15) is 9.90 Å². The number of alkyl carbamates (subject to hydrolysis) is 1. The molecule has 0 aromatic carbocycles. The van der Waals surface area contributed by atoms with Crippen LogP contribution in [0.25, 0.3) is 0 Å². The molecule has 2 N–H and O–H groups in total. The van der Waals surface area contributed by atoms with E-state index < -0.39 is 24.0 Å². The Kier molecular flexibility index (Phi) is 4.87. The van der Waals surface area contributed by atoms with E-state index in [1.807, 2.05) is 0 Å². The summed E-state index contributed by atoms with van der Waals surface area (Å²) in [5, 5.41) is 11.6. The van der Waals surface area contributed by atoms with Gasteiger partial charge in [-0.2, -0.15) is 0 Å². The lowest BCUT2D eigenvalue weighted by Crippen LogP contribution is -2.44. The van der Waals surface area contributed by atoms with Gasteiger partial charge in [-0.3, -0.25) is 0 Å². The fourth-order valence-electron chi connectivity index (χ4n) is 0.769. The summed E-state index contributed by atoms with van der Waals surface area (Å²) in [7, 11) is 1.36. The topological polar surface area (TPSA) is 67.8 Å². The first-order valence-electron chi connectivity index (χ1n) is 4.46. The van der Waals surface area contributed by atoms with Crippen molar-refractivity contribution < 1.29 is 19.4 Å². The summed E-state index contributed by atoms with van der Waals surface area (Å²) in [4.78, 5) is 11.2. The molecule has 0 saturated carbocycles. The van der Waals surface area contributed by atoms with Gasteiger partial charge in [-0.25, -0.2) is 4.79 Å². The molecule has 1 amide bonds. The summed E-state index contributed by atoms with van der Waals surface area (Å²) < 4.78 is 9.61. The summed E-state index contributed by atoms with van der Waals surface area (Å²) in [5.41, 5.74) is -0.540. The summed E-state index contributed by atoms with van der Waals surface area (Å²) in [6, 6.07) is -0.505. The molecule has 0 bridgehead atoms. The van der Waals surface area contributed by atoms with E-state index in [-0.39, 0.29) is 0 Å². The second-order valence-electron chi connectivity index (χ2n) is 4.06. The first-order valence-corrected chi connectivity index (χ1v) is 4.46. The maximum Gasteiger partial charge on any atom is 0.408 e. The number of aliphatic hydroxyl groups is 1. The molecular formula is C9H19NO4. The number of carbonyl (C=O) groups is 1. The highest BCUT2D eigenvalue weighted by atomic mass is 16.6. The van der Waals surface area contributed by atoms with Crippen molar-refractivity contribution in [2.24, 2.45) is 0 Å². The molecule has 0 aliphatic rings. The number of hydrogen-bond donors (Lipinski definition) is 2. The van der Waals surface area contributed by atoms with Crippen LogP contribution in [-0.4, -0.2) is 36.2 Å². The fraction of sp³-hybridized carbons (Fsp3) is 0.889. The molecule has 5 heteroatoms. The van der Waals surface area contributed by atoms with Crippen LogP contribution < -0.4 is 5.32 Å². The lowest BCUT2D eigenvalue weighted by atomic mass is 10.2. The minimum Gasteiger partial charge on any atom is -0.444 e. The second-order valence-corrected chi connectivity index (χ2v) is 4.06. The van der Waals surface area contributed by atoms with Gasteiger partial charge >= 0.3 is 6.09 Å². The molecule has 0 saturated heterocycles. The standard InChI is InChI=1S/C9H19NO4/c1-6(7(11)13-5)10-8(12)14-9(2,3)4/h6-7,11H,1-5H3,(H,10,12)/t6-,7?/m0/s1. The smallest absolute Gasteiger partial charge is 0.408 e. The zero-order chi connectivity index (χ0) is 11.4. The Morgan fingerprint density at radius 2 is 1.93 bits per heavy atom. The van der Waals surface area contributed by atoms with E-state index in [0.29, 0.717) is 0 Å². The van der Waals surface area contributed by atoms with Crippen molar-refractivity contribution in [2.75, 3.05) is 7.11 Å². The van der Waals surface area contributed by atoms with Crippen LogP contribution in [0, 0.1) is 0 Å². The van der Waals surface area contributed by atoms with Gasteiger partial charge in [-0.15, -0.1) is 0 Å². The largest absolute Gasteiger partial charge is 0.444 e. The normalized spacial score (nSPS) is 15.9. The number of amides is 1. The number of methoxy groups -OCH3 is 1. The fourth-order valence-corrected chi connectivity index (χ4v) is 0.769. The van der Waals surface area contributed by atoms with Gasteiger partial charge in [0.1, 0.15) is 5.60 Å². The third kappa shape index (κ3) is 5.77. The first-order chi connectivity index (χ1) is 6.26. The van der Waals surface area contributed by atoms with E-state index in [0.717, 1.165) is 0 Å². The van der Waals surface area contributed by atoms with Crippen LogP contribution in [0.1, 0.15) is 27.7 Å². The maximum atomic E-state index is 11.2. The van der Waals surface area contributed by atoms with Crippen LogP contribution >= 0.6 is 0 Å². The Morgan fingerprint density at radius 1 is 1.43 bits per heavy atom. The molecular weight excluding hydrogens is 186 g/mol. The van der Waals surface area contributed by atoms with Gasteiger partial charge < -0.3 is 19.9 Å². The van der Waals surface area contributed by atoms with Crippen molar-refractivity contribution in [2.45, 2.75) is 45.6 Å². The number of carbonyl (C=O) groups excluding carboxylic acids is 1. The first kappa shape index (κ1) is 13.2. The van der Waals surface area contributed by atoms with Crippen LogP contribution in [0.5, 0.6) is 0 Å². The predicted octanol–water partition coefficient (Wildman–Crippen LogP) is 0.864. The number of nitrogens with one attached hydrogen (secondary N) is 1. The Labute approximate surface area is 84.4 Å². The quantitative estimate of drug-likeness (QED) is 0.671. The number of ether oxygens (including phenoxy) is 2. The maximum absolute atomic E-state index is 11.2. The van der Waals surface area contributed by atoms with Gasteiger partial charge in [0.2, 0.25) is 0 Å². The Bertz CT molecular complexity index is 188. The monoisotopic (exact) mass is 205 g/mol. The molecule has 0 spiro atoms. The number of hydrogen-bond acceptors (Lipinski definition) is 4. The van der Waals surface area contributed by atoms with E-state index in [1.54, 1.807) is 27.7 Å². The highest BCUT2D eigenvalue weighted by molar-refractivity contribution is 5.68. The molecule has 0 fully saturated rings. The molecule has 0 radical (unpaired) electrons. The molecule has 5 nitrogen and oxygen atoms in total. The van der Waals surface area contributed by atoms with Crippen molar-refractivity contribution in [3.63, 3.8) is 0 Å². The molecule has 1 unspecified atom stereocenters. The second kappa shape index (κ2) is 5.17. The third-order valence-corrected chi connectivity index (χ3v) is 1.41. The molecule has 84 valence electrons. The van der Waals surface area contributed by atoms with Crippen molar-refractivity contribution in [1.82, 2.24) is 5.32 Å². The molecule has 0 aliphatic heterocycles. The average molecular weight is 205 g/mol. The van der Waals surface area contributed by atoms with Gasteiger partial charge in [0.05, 0.1) is 6.04 Å². The minimum absolute atomic E-state index is 0.505. The summed E-state index contributed by atoms with van der Waals surface area (Å²) >= 11 is 0. The summed E-state index contributed by atoms with van der Waals surface area (Å²) in [6.45, 7) is 6.93. The van der Waals surface area contributed by atoms with Crippen molar-refractivity contribution in [3.8, 4) is 0 Å². The predicted molar refractivity (Wildman–Crippen MR) is 51.8 cm³/mol. The highest BCUT2D eigenvalue weighted by Crippen LogP contribution is 2.07. The van der Waals surface area contributed by atoms with Crippen molar-refractivity contribution in [1.29, 1.82) is 0 Å². The number of aliphatic hydroxyl groups excluding tert-OH is 1. The van der Waals surface area contributed by atoms with E-state index in [2.05, 4.69) is 10.1 Å². The van der Waals surface area contributed by atoms with Crippen LogP contribution in [0.2, 0.25) is 0 Å². The van der Waals surface area contributed by atoms with Gasteiger partial charge in [0, 0.05) is 7.11 Å². The van der Waals surface area contributed by atoms with Crippen LogP contribution in [0.15, 0.2) is 0 Å². The zero-order valence-electron chi connectivity index (χ0n) is 9.33. The molecule has 0 aliphatic carbocycles. The zero-order valence-corrected chi connectivity index (χ0v) is 9.33. The molecule has 14 heavy (non-hydrogen) atoms. The molecule has 0 rings (SSSR count). The Hall–Kier alpha value is -0.810. The van der Waals surface area contributed by atoms with Gasteiger partial charge in [0.15, 0.2) is 6.29 Å². The molecule has 2 atom stereocenters. The van der Waals surface area contributed by atoms with Crippen LogP contribution in [0.3, 0.4) is 0 Å². The Balaban J connectivity index is 3.95. The Morgan fingerprint density at radius 3 is 2.29 bits per heavy atom. The van der Waals surface area contributed by atoms with Gasteiger partial charge in [-0.1, -0.05) is 0 Å². The lowest BCUT2D eigenvalue weighted by molar-refractivity contribution is -0.0932. The van der Waals surface area contributed by atoms with E-state index >= 15 is 0 Å². The minimum atomic E-state index is -1.03. The average Bonchev–Trinajstić information content (AvgIpc) is 1.99. The molecule has 0 heterocycles. The summed E-state index contributed by atoms with van der Waals surface area (Å²) in [5.74, 6) is 0. The lowest BCUT2D eigenvalue weighted by Gasteiger charge is -2.23. The van der Waals surface area contributed by atoms with E-state index in [1.165, 1.54) is 7.11 Å². The van der Waals surface area contributed by atoms with Crippen LogP contribution in [-0.2, 0) is 9.47 Å². The number of rotatable bonds is 3. The van der Waals surface area contributed by atoms with Crippen molar-refractivity contribution in [3.05, 3.63) is 0 Å². The molecule has 0 aromatic heterocycles. The highest BCUT2D eigenvalue weighted by Gasteiger charge is 2.20. The van der Waals surface area contributed by atoms with Gasteiger partial charge in [0.25, 0.3) is 0 Å². The van der Waals surface area contributed by atoms with E-state index in [4.69, 9.17) is 4.74 Å². The van der Waals surface area contributed by atoms with Crippen molar-refractivity contribution >= 4 is 6.09 Å². The van der Waals surface area contributed by atoms with Gasteiger partial charge in [-0.05, 0) is 27.7 Å².